The Labute approximate surface area is 214 Å². The number of carbonyl (C=O) groups excluding carboxylic acids is 1. The van der Waals surface area contributed by atoms with Crippen LogP contribution in [0.1, 0.15) is 49.0 Å². The Morgan fingerprint density at radius 1 is 1.08 bits per heavy atom. The molecule has 8 nitrogen and oxygen atoms in total. The van der Waals surface area contributed by atoms with E-state index in [-0.39, 0.29) is 17.4 Å². The van der Waals surface area contributed by atoms with Crippen LogP contribution >= 0.6 is 0 Å². The second-order valence-corrected chi connectivity index (χ2v) is 9.83. The number of ketones is 1. The average molecular weight is 500 g/mol. The van der Waals surface area contributed by atoms with E-state index in [2.05, 4.69) is 35.1 Å². The van der Waals surface area contributed by atoms with Crippen molar-refractivity contribution in [3.05, 3.63) is 60.3 Å². The van der Waals surface area contributed by atoms with Crippen LogP contribution in [0.3, 0.4) is 0 Å². The SMILES string of the molecule is CC(=O)c1cn(C2CCCC2)c2ccc(-c3nc(Nc4ccc(N5CCNCC5)cn4)ncc3F)cc12. The molecule has 1 saturated carbocycles. The van der Waals surface area contributed by atoms with Gasteiger partial charge in [0.25, 0.3) is 0 Å². The van der Waals surface area contributed by atoms with E-state index in [1.165, 1.54) is 19.0 Å². The molecular formula is C28H30FN7O. The molecule has 1 aliphatic heterocycles. The lowest BCUT2D eigenvalue weighted by Crippen LogP contribution is -2.43. The Kier molecular flexibility index (Phi) is 6.30. The molecule has 4 heterocycles. The van der Waals surface area contributed by atoms with E-state index in [1.807, 2.05) is 42.7 Å². The number of piperazine rings is 1. The molecular weight excluding hydrogens is 469 g/mol. The smallest absolute Gasteiger partial charge is 0.229 e. The van der Waals surface area contributed by atoms with Crippen LogP contribution in [0, 0.1) is 5.82 Å². The van der Waals surface area contributed by atoms with Crippen LogP contribution in [0.2, 0.25) is 0 Å². The van der Waals surface area contributed by atoms with Gasteiger partial charge in [0.05, 0.1) is 18.1 Å². The van der Waals surface area contributed by atoms with Gasteiger partial charge in [-0.3, -0.25) is 4.79 Å². The van der Waals surface area contributed by atoms with Crippen molar-refractivity contribution in [2.75, 3.05) is 36.4 Å². The van der Waals surface area contributed by atoms with Gasteiger partial charge in [-0.05, 0) is 44.0 Å². The number of anilines is 3. The van der Waals surface area contributed by atoms with Gasteiger partial charge in [-0.1, -0.05) is 18.9 Å². The number of fused-ring (bicyclic) bond motifs is 1. The Bertz CT molecular complexity index is 1440. The zero-order chi connectivity index (χ0) is 25.4. The van der Waals surface area contributed by atoms with Crippen molar-refractivity contribution in [1.82, 2.24) is 24.8 Å². The van der Waals surface area contributed by atoms with Gasteiger partial charge in [-0.2, -0.15) is 0 Å². The van der Waals surface area contributed by atoms with Crippen molar-refractivity contribution in [2.24, 2.45) is 0 Å². The molecule has 3 aromatic heterocycles. The first-order valence-electron chi connectivity index (χ1n) is 12.9. The van der Waals surface area contributed by atoms with Crippen molar-refractivity contribution in [2.45, 2.75) is 38.6 Å². The minimum absolute atomic E-state index is 0.000232. The molecule has 2 fully saturated rings. The summed E-state index contributed by atoms with van der Waals surface area (Å²) in [6.07, 6.45) is 9.58. The van der Waals surface area contributed by atoms with Crippen LogP contribution in [-0.2, 0) is 0 Å². The third kappa shape index (κ3) is 4.67. The summed E-state index contributed by atoms with van der Waals surface area (Å²) in [5.41, 5.74) is 3.50. The van der Waals surface area contributed by atoms with Gasteiger partial charge in [0.2, 0.25) is 5.95 Å². The van der Waals surface area contributed by atoms with Gasteiger partial charge < -0.3 is 20.1 Å². The van der Waals surface area contributed by atoms with Gasteiger partial charge in [0.15, 0.2) is 11.6 Å². The molecule has 37 heavy (non-hydrogen) atoms. The number of aromatic nitrogens is 4. The Morgan fingerprint density at radius 3 is 2.62 bits per heavy atom. The predicted molar refractivity (Wildman–Crippen MR) is 143 cm³/mol. The number of nitrogens with zero attached hydrogens (tertiary/aromatic N) is 5. The summed E-state index contributed by atoms with van der Waals surface area (Å²) >= 11 is 0. The minimum atomic E-state index is -0.522. The minimum Gasteiger partial charge on any atom is -0.368 e. The highest BCUT2D eigenvalue weighted by molar-refractivity contribution is 6.08. The average Bonchev–Trinajstić information content (AvgIpc) is 3.59. The van der Waals surface area contributed by atoms with Crippen LogP contribution in [0.15, 0.2) is 48.9 Å². The highest BCUT2D eigenvalue weighted by Gasteiger charge is 2.22. The number of pyridine rings is 1. The van der Waals surface area contributed by atoms with Crippen molar-refractivity contribution >= 4 is 34.1 Å². The lowest BCUT2D eigenvalue weighted by Gasteiger charge is -2.29. The molecule has 4 aromatic rings. The number of Topliss-reactive ketones (excluding diaryl/α,β-unsaturated/α-hetero) is 1. The Balaban J connectivity index is 1.29. The van der Waals surface area contributed by atoms with Gasteiger partial charge in [0, 0.05) is 60.4 Å². The zero-order valence-electron chi connectivity index (χ0n) is 20.9. The van der Waals surface area contributed by atoms with E-state index < -0.39 is 5.82 Å². The van der Waals surface area contributed by atoms with Crippen LogP contribution in [-0.4, -0.2) is 51.5 Å². The zero-order valence-corrected chi connectivity index (χ0v) is 20.9. The molecule has 0 bridgehead atoms. The standard InChI is InChI=1S/C28H30FN7O/c1-18(37)23-17-36(20-4-2-3-5-20)25-8-6-19(14-22(23)25)27-24(29)16-32-28(34-27)33-26-9-7-21(15-31-26)35-12-10-30-11-13-35/h6-9,14-17,20,30H,2-5,10-13H2,1H3,(H,31,32,33,34). The molecule has 0 spiro atoms. The van der Waals surface area contributed by atoms with E-state index in [4.69, 9.17) is 0 Å². The third-order valence-electron chi connectivity index (χ3n) is 7.42. The van der Waals surface area contributed by atoms with Crippen molar-refractivity contribution in [3.8, 4) is 11.3 Å². The summed E-state index contributed by atoms with van der Waals surface area (Å²) in [4.78, 5) is 27.8. The Morgan fingerprint density at radius 2 is 1.89 bits per heavy atom. The monoisotopic (exact) mass is 499 g/mol. The van der Waals surface area contributed by atoms with Crippen LogP contribution < -0.4 is 15.5 Å². The first-order valence-corrected chi connectivity index (χ1v) is 12.9. The van der Waals surface area contributed by atoms with Crippen molar-refractivity contribution < 1.29 is 9.18 Å². The first kappa shape index (κ1) is 23.5. The van der Waals surface area contributed by atoms with E-state index >= 15 is 0 Å². The summed E-state index contributed by atoms with van der Waals surface area (Å²) in [5.74, 6) is 0.319. The van der Waals surface area contributed by atoms with Gasteiger partial charge in [-0.15, -0.1) is 0 Å². The molecule has 2 N–H and O–H groups in total. The van der Waals surface area contributed by atoms with E-state index in [9.17, 15) is 9.18 Å². The van der Waals surface area contributed by atoms with E-state index in [1.54, 1.807) is 6.92 Å². The topological polar surface area (TPSA) is 88.0 Å². The third-order valence-corrected chi connectivity index (χ3v) is 7.42. The number of halogens is 1. The fourth-order valence-corrected chi connectivity index (χ4v) is 5.48. The summed E-state index contributed by atoms with van der Waals surface area (Å²) in [5, 5.41) is 7.26. The molecule has 2 aliphatic rings. The van der Waals surface area contributed by atoms with Crippen LogP contribution in [0.25, 0.3) is 22.2 Å². The summed E-state index contributed by atoms with van der Waals surface area (Å²) in [6, 6.07) is 10.00. The molecule has 6 rings (SSSR count). The van der Waals surface area contributed by atoms with Crippen molar-refractivity contribution in [3.63, 3.8) is 0 Å². The molecule has 190 valence electrons. The molecule has 0 radical (unpaired) electrons. The summed E-state index contributed by atoms with van der Waals surface area (Å²) < 4.78 is 17.1. The molecule has 0 atom stereocenters. The number of rotatable bonds is 6. The maximum atomic E-state index is 14.9. The van der Waals surface area contributed by atoms with Gasteiger partial charge >= 0.3 is 0 Å². The van der Waals surface area contributed by atoms with Gasteiger partial charge in [0.1, 0.15) is 11.5 Å². The molecule has 1 aliphatic carbocycles. The maximum absolute atomic E-state index is 14.9. The fourth-order valence-electron chi connectivity index (χ4n) is 5.48. The highest BCUT2D eigenvalue weighted by atomic mass is 19.1. The molecule has 1 saturated heterocycles. The second kappa shape index (κ2) is 9.89. The number of hydrogen-bond donors (Lipinski definition) is 2. The number of carbonyl (C=O) groups is 1. The fraction of sp³-hybridized carbons (Fsp3) is 0.357. The first-order chi connectivity index (χ1) is 18.1. The predicted octanol–water partition coefficient (Wildman–Crippen LogP) is 5.10. The quantitative estimate of drug-likeness (QED) is 0.357. The molecule has 0 amide bonds. The molecule has 0 unspecified atom stereocenters. The number of benzene rings is 1. The van der Waals surface area contributed by atoms with Crippen LogP contribution in [0.5, 0.6) is 0 Å². The van der Waals surface area contributed by atoms with Crippen molar-refractivity contribution in [1.29, 1.82) is 0 Å². The van der Waals surface area contributed by atoms with E-state index in [0.29, 0.717) is 23.0 Å². The lowest BCUT2D eigenvalue weighted by molar-refractivity contribution is 0.101. The normalized spacial score (nSPS) is 16.4. The second-order valence-electron chi connectivity index (χ2n) is 9.83. The summed E-state index contributed by atoms with van der Waals surface area (Å²) in [6.45, 7) is 5.37. The largest absolute Gasteiger partial charge is 0.368 e. The number of nitrogens with one attached hydrogen (secondary N) is 2. The Hall–Kier alpha value is -3.85. The number of hydrogen-bond acceptors (Lipinski definition) is 7. The molecule has 1 aromatic carbocycles. The maximum Gasteiger partial charge on any atom is 0.229 e. The molecule has 9 heteroatoms. The van der Waals surface area contributed by atoms with Crippen LogP contribution in [0.4, 0.5) is 21.8 Å². The highest BCUT2D eigenvalue weighted by Crippen LogP contribution is 2.36. The lowest BCUT2D eigenvalue weighted by atomic mass is 10.0. The van der Waals surface area contributed by atoms with E-state index in [0.717, 1.165) is 55.6 Å². The van der Waals surface area contributed by atoms with Gasteiger partial charge in [-0.25, -0.2) is 19.3 Å². The summed E-state index contributed by atoms with van der Waals surface area (Å²) in [7, 11) is 0.